The summed E-state index contributed by atoms with van der Waals surface area (Å²) >= 11 is 0. The molecular formula is C8H7F2NO2. The van der Waals surface area contributed by atoms with Crippen molar-refractivity contribution in [1.82, 2.24) is 4.98 Å². The van der Waals surface area contributed by atoms with Crippen molar-refractivity contribution in [3.8, 4) is 0 Å². The van der Waals surface area contributed by atoms with Crippen molar-refractivity contribution >= 4 is 5.97 Å². The molecule has 0 aliphatic heterocycles. The van der Waals surface area contributed by atoms with E-state index >= 15 is 0 Å². The van der Waals surface area contributed by atoms with Gasteiger partial charge in [0.1, 0.15) is 5.82 Å². The van der Waals surface area contributed by atoms with Crippen LogP contribution in [-0.4, -0.2) is 18.1 Å². The molecule has 0 aliphatic carbocycles. The number of carbonyl (C=O) groups is 1. The molecule has 5 heteroatoms. The van der Waals surface area contributed by atoms with Gasteiger partial charge in [0.2, 0.25) is 5.95 Å². The summed E-state index contributed by atoms with van der Waals surface area (Å²) in [5.41, 5.74) is -0.0562. The van der Waals surface area contributed by atoms with E-state index in [9.17, 15) is 13.6 Å². The van der Waals surface area contributed by atoms with Crippen LogP contribution in [0.4, 0.5) is 8.78 Å². The molecule has 0 unspecified atom stereocenters. The number of hydrogen-bond acceptors (Lipinski definition) is 3. The molecule has 1 heterocycles. The monoisotopic (exact) mass is 187 g/mol. The Balaban J connectivity index is 2.87. The van der Waals surface area contributed by atoms with E-state index in [1.165, 1.54) is 7.11 Å². The Morgan fingerprint density at radius 2 is 2.31 bits per heavy atom. The topological polar surface area (TPSA) is 39.2 Å². The molecule has 1 aromatic heterocycles. The number of methoxy groups -OCH3 is 1. The second-order valence-electron chi connectivity index (χ2n) is 2.35. The Hall–Kier alpha value is -1.52. The van der Waals surface area contributed by atoms with E-state index in [-0.39, 0.29) is 12.0 Å². The molecule has 70 valence electrons. The minimum absolute atomic E-state index is 0.0562. The Bertz CT molecular complexity index is 328. The van der Waals surface area contributed by atoms with Crippen molar-refractivity contribution < 1.29 is 18.3 Å². The summed E-state index contributed by atoms with van der Waals surface area (Å²) < 4.78 is 29.6. The molecule has 0 radical (unpaired) electrons. The third-order valence-electron chi connectivity index (χ3n) is 1.46. The average Bonchev–Trinajstić information content (AvgIpc) is 2.11. The highest BCUT2D eigenvalue weighted by molar-refractivity contribution is 5.72. The highest BCUT2D eigenvalue weighted by atomic mass is 19.1. The van der Waals surface area contributed by atoms with Crippen LogP contribution in [0.25, 0.3) is 0 Å². The van der Waals surface area contributed by atoms with Gasteiger partial charge in [-0.2, -0.15) is 4.39 Å². The van der Waals surface area contributed by atoms with Gasteiger partial charge in [-0.15, -0.1) is 0 Å². The van der Waals surface area contributed by atoms with E-state index in [0.29, 0.717) is 0 Å². The van der Waals surface area contributed by atoms with Crippen molar-refractivity contribution in [3.63, 3.8) is 0 Å². The molecule has 0 spiro atoms. The highest BCUT2D eigenvalue weighted by Gasteiger charge is 2.09. The number of aromatic nitrogens is 1. The number of nitrogens with zero attached hydrogens (tertiary/aromatic N) is 1. The maximum absolute atomic E-state index is 12.8. The third kappa shape index (κ3) is 2.47. The summed E-state index contributed by atoms with van der Waals surface area (Å²) in [7, 11) is 1.18. The maximum Gasteiger partial charge on any atom is 0.310 e. The van der Waals surface area contributed by atoms with Gasteiger partial charge in [0.05, 0.1) is 19.7 Å². The summed E-state index contributed by atoms with van der Waals surface area (Å²) in [6.45, 7) is 0. The Morgan fingerprint density at radius 3 is 2.92 bits per heavy atom. The molecule has 0 saturated heterocycles. The molecule has 13 heavy (non-hydrogen) atoms. The molecule has 0 N–H and O–H groups in total. The van der Waals surface area contributed by atoms with Crippen LogP contribution >= 0.6 is 0 Å². The van der Waals surface area contributed by atoms with E-state index in [1.54, 1.807) is 0 Å². The summed E-state index contributed by atoms with van der Waals surface area (Å²) in [4.78, 5) is 13.8. The van der Waals surface area contributed by atoms with Gasteiger partial charge in [0, 0.05) is 5.56 Å². The molecule has 0 aliphatic rings. The predicted molar refractivity (Wildman–Crippen MR) is 39.9 cm³/mol. The zero-order valence-electron chi connectivity index (χ0n) is 6.88. The maximum atomic E-state index is 12.8. The van der Waals surface area contributed by atoms with Gasteiger partial charge in [0.15, 0.2) is 0 Å². The van der Waals surface area contributed by atoms with E-state index in [4.69, 9.17) is 0 Å². The molecule has 3 nitrogen and oxygen atoms in total. The van der Waals surface area contributed by atoms with Gasteiger partial charge in [-0.3, -0.25) is 4.79 Å². The number of halogens is 2. The third-order valence-corrected chi connectivity index (χ3v) is 1.46. The summed E-state index contributed by atoms with van der Waals surface area (Å²) in [6.07, 6.45) is 0.440. The first-order valence-corrected chi connectivity index (χ1v) is 3.50. The van der Waals surface area contributed by atoms with Crippen LogP contribution < -0.4 is 0 Å². The van der Waals surface area contributed by atoms with Gasteiger partial charge < -0.3 is 4.74 Å². The van der Waals surface area contributed by atoms with Crippen LogP contribution in [0.5, 0.6) is 0 Å². The fourth-order valence-corrected chi connectivity index (χ4v) is 0.814. The molecule has 0 atom stereocenters. The summed E-state index contributed by atoms with van der Waals surface area (Å²) in [5.74, 6) is -2.16. The van der Waals surface area contributed by atoms with Gasteiger partial charge in [-0.05, 0) is 6.07 Å². The molecule has 0 aromatic carbocycles. The quantitative estimate of drug-likeness (QED) is 0.513. The fraction of sp³-hybridized carbons (Fsp3) is 0.250. The second kappa shape index (κ2) is 3.93. The zero-order chi connectivity index (χ0) is 9.84. The minimum atomic E-state index is -0.819. The van der Waals surface area contributed by atoms with Crippen molar-refractivity contribution in [3.05, 3.63) is 29.6 Å². The Kier molecular flexibility index (Phi) is 2.89. The first-order chi connectivity index (χ1) is 6.13. The van der Waals surface area contributed by atoms with Crippen LogP contribution in [0.2, 0.25) is 0 Å². The molecule has 0 amide bonds. The first-order valence-electron chi connectivity index (χ1n) is 3.50. The van der Waals surface area contributed by atoms with E-state index < -0.39 is 17.7 Å². The van der Waals surface area contributed by atoms with Gasteiger partial charge >= 0.3 is 5.97 Å². The Labute approximate surface area is 73.4 Å². The predicted octanol–water partition coefficient (Wildman–Crippen LogP) is 1.08. The number of carbonyl (C=O) groups excluding carboxylic acids is 1. The van der Waals surface area contributed by atoms with E-state index in [0.717, 1.165) is 12.3 Å². The Morgan fingerprint density at radius 1 is 1.62 bits per heavy atom. The zero-order valence-corrected chi connectivity index (χ0v) is 6.88. The van der Waals surface area contributed by atoms with Crippen molar-refractivity contribution in [2.75, 3.05) is 7.11 Å². The lowest BCUT2D eigenvalue weighted by Crippen LogP contribution is -2.07. The van der Waals surface area contributed by atoms with Crippen LogP contribution in [0, 0.1) is 11.8 Å². The van der Waals surface area contributed by atoms with Crippen LogP contribution in [0.1, 0.15) is 5.56 Å². The van der Waals surface area contributed by atoms with E-state index in [2.05, 4.69) is 9.72 Å². The SMILES string of the molecule is COC(=O)Cc1cc(F)ncc1F. The van der Waals surface area contributed by atoms with Crippen molar-refractivity contribution in [2.24, 2.45) is 0 Å². The number of esters is 1. The fourth-order valence-electron chi connectivity index (χ4n) is 0.814. The number of hydrogen-bond donors (Lipinski definition) is 0. The molecule has 1 rings (SSSR count). The molecule has 0 bridgehead atoms. The minimum Gasteiger partial charge on any atom is -0.469 e. The van der Waals surface area contributed by atoms with Gasteiger partial charge in [-0.25, -0.2) is 9.37 Å². The van der Waals surface area contributed by atoms with Gasteiger partial charge in [0.25, 0.3) is 0 Å². The smallest absolute Gasteiger partial charge is 0.310 e. The number of pyridine rings is 1. The summed E-state index contributed by atoms with van der Waals surface area (Å²) in [5, 5.41) is 0. The lowest BCUT2D eigenvalue weighted by Gasteiger charge is -2.00. The highest BCUT2D eigenvalue weighted by Crippen LogP contribution is 2.08. The average molecular weight is 187 g/mol. The van der Waals surface area contributed by atoms with Crippen LogP contribution in [0.3, 0.4) is 0 Å². The van der Waals surface area contributed by atoms with Crippen molar-refractivity contribution in [1.29, 1.82) is 0 Å². The second-order valence-corrected chi connectivity index (χ2v) is 2.35. The normalized spacial score (nSPS) is 9.77. The lowest BCUT2D eigenvalue weighted by molar-refractivity contribution is -0.139. The van der Waals surface area contributed by atoms with Gasteiger partial charge in [-0.1, -0.05) is 0 Å². The number of rotatable bonds is 2. The van der Waals surface area contributed by atoms with Crippen LogP contribution in [0.15, 0.2) is 12.3 Å². The molecular weight excluding hydrogens is 180 g/mol. The van der Waals surface area contributed by atoms with Crippen LogP contribution in [-0.2, 0) is 16.0 Å². The molecule has 0 fully saturated rings. The van der Waals surface area contributed by atoms with E-state index in [1.807, 2.05) is 0 Å². The largest absolute Gasteiger partial charge is 0.469 e. The van der Waals surface area contributed by atoms with Crippen molar-refractivity contribution in [2.45, 2.75) is 6.42 Å². The molecule has 1 aromatic rings. The summed E-state index contributed by atoms with van der Waals surface area (Å²) in [6, 6.07) is 0.867. The lowest BCUT2D eigenvalue weighted by atomic mass is 10.2. The standard InChI is InChI=1S/C8H7F2NO2/c1-13-8(12)3-5-2-7(10)11-4-6(5)9/h2,4H,3H2,1H3. The number of ether oxygens (including phenoxy) is 1. The molecule has 0 saturated carbocycles. The first kappa shape index (κ1) is 9.57.